The molecule has 0 unspecified atom stereocenters. The van der Waals surface area contributed by atoms with Gasteiger partial charge in [0, 0.05) is 39.0 Å². The maximum Gasteiger partial charge on any atom is 0.191 e. The highest BCUT2D eigenvalue weighted by Gasteiger charge is 2.42. The van der Waals surface area contributed by atoms with Crippen LogP contribution < -0.4 is 0 Å². The molecule has 1 aromatic carbocycles. The number of Topliss-reactive ketones (excluding diaryl/α,β-unsaturated/α-hetero) is 1. The van der Waals surface area contributed by atoms with Gasteiger partial charge in [0.1, 0.15) is 0 Å². The lowest BCUT2D eigenvalue weighted by Crippen LogP contribution is -2.33. The Morgan fingerprint density at radius 2 is 1.97 bits per heavy atom. The molecule has 31 heavy (non-hydrogen) atoms. The first kappa shape index (κ1) is 21.7. The number of rotatable bonds is 6. The van der Waals surface area contributed by atoms with Crippen LogP contribution in [0.2, 0.25) is 0 Å². The zero-order valence-electron chi connectivity index (χ0n) is 18.6. The van der Waals surface area contributed by atoms with Gasteiger partial charge in [-0.3, -0.25) is 9.79 Å². The summed E-state index contributed by atoms with van der Waals surface area (Å²) in [6.07, 6.45) is 2.60. The molecule has 0 saturated heterocycles. The van der Waals surface area contributed by atoms with Gasteiger partial charge < -0.3 is 9.88 Å². The minimum atomic E-state index is -3.36. The first-order valence-electron chi connectivity index (χ1n) is 10.5. The fraction of sp³-hybridized carbons (Fsp3) is 0.417. The van der Waals surface area contributed by atoms with Crippen molar-refractivity contribution in [2.24, 2.45) is 4.99 Å². The number of allylic oxidation sites excluding steroid dienone is 4. The fourth-order valence-corrected chi connectivity index (χ4v) is 6.22. The Hall–Kier alpha value is -2.51. The van der Waals surface area contributed by atoms with E-state index in [2.05, 4.69) is 30.5 Å². The van der Waals surface area contributed by atoms with Crippen molar-refractivity contribution >= 4 is 33.2 Å². The molecule has 0 aliphatic heterocycles. The normalized spacial score (nSPS) is 18.2. The molecule has 2 aliphatic carbocycles. The standard InChI is InChI=1S/C24H29N3O3S/c1-24(2)19-13-16(31(29,30)11-10-27(4)5)7-9-17(19)22(28)21-18-8-6-15(14-25-3)12-20(18)26-23(21)24/h6,8,12-13,26H,3,7,9-11,14H2,1-2,4-5H3. The van der Waals surface area contributed by atoms with Crippen LogP contribution in [0.4, 0.5) is 0 Å². The Balaban J connectivity index is 1.81. The molecule has 0 atom stereocenters. The summed E-state index contributed by atoms with van der Waals surface area (Å²) >= 11 is 0. The van der Waals surface area contributed by atoms with Crippen molar-refractivity contribution in [3.8, 4) is 0 Å². The van der Waals surface area contributed by atoms with E-state index in [1.54, 1.807) is 6.08 Å². The molecule has 1 heterocycles. The number of nitrogens with zero attached hydrogens (tertiary/aromatic N) is 2. The van der Waals surface area contributed by atoms with Crippen LogP contribution >= 0.6 is 0 Å². The van der Waals surface area contributed by atoms with Crippen molar-refractivity contribution < 1.29 is 13.2 Å². The van der Waals surface area contributed by atoms with Crippen LogP contribution in [0, 0.1) is 0 Å². The summed E-state index contributed by atoms with van der Waals surface area (Å²) in [6.45, 7) is 8.66. The fourth-order valence-electron chi connectivity index (χ4n) is 4.64. The Bertz CT molecular complexity index is 1260. The Morgan fingerprint density at radius 3 is 2.65 bits per heavy atom. The summed E-state index contributed by atoms with van der Waals surface area (Å²) in [6, 6.07) is 5.96. The summed E-state index contributed by atoms with van der Waals surface area (Å²) < 4.78 is 25.8. The molecule has 0 fully saturated rings. The molecular weight excluding hydrogens is 410 g/mol. The Kier molecular flexibility index (Phi) is 5.30. The number of H-pyrrole nitrogens is 1. The minimum absolute atomic E-state index is 0.00570. The zero-order valence-corrected chi connectivity index (χ0v) is 19.4. The number of hydrogen-bond acceptors (Lipinski definition) is 5. The minimum Gasteiger partial charge on any atom is -0.357 e. The van der Waals surface area contributed by atoms with Crippen LogP contribution in [0.25, 0.3) is 10.9 Å². The van der Waals surface area contributed by atoms with Gasteiger partial charge in [0.25, 0.3) is 0 Å². The number of carbonyl (C=O) groups is 1. The zero-order chi connectivity index (χ0) is 22.6. The average Bonchev–Trinajstić information content (AvgIpc) is 3.11. The molecular formula is C24H29N3O3S. The molecule has 6 nitrogen and oxygen atoms in total. The monoisotopic (exact) mass is 439 g/mol. The summed E-state index contributed by atoms with van der Waals surface area (Å²) in [5.74, 6) is 0.0896. The second-order valence-electron chi connectivity index (χ2n) is 9.22. The largest absolute Gasteiger partial charge is 0.357 e. The van der Waals surface area contributed by atoms with Crippen molar-refractivity contribution in [1.82, 2.24) is 9.88 Å². The van der Waals surface area contributed by atoms with Crippen LogP contribution in [0.5, 0.6) is 0 Å². The number of aromatic amines is 1. The second kappa shape index (κ2) is 7.57. The molecule has 2 aromatic rings. The van der Waals surface area contributed by atoms with Gasteiger partial charge >= 0.3 is 0 Å². The third kappa shape index (κ3) is 3.59. The van der Waals surface area contributed by atoms with Gasteiger partial charge in [0.2, 0.25) is 0 Å². The van der Waals surface area contributed by atoms with Crippen LogP contribution in [-0.2, 0) is 21.8 Å². The quantitative estimate of drug-likeness (QED) is 0.694. The number of carbonyl (C=O) groups excluding carboxylic acids is 1. The molecule has 1 aromatic heterocycles. The van der Waals surface area contributed by atoms with E-state index < -0.39 is 15.3 Å². The summed E-state index contributed by atoms with van der Waals surface area (Å²) in [5.41, 5.74) is 4.54. The number of fused-ring (bicyclic) bond motifs is 3. The molecule has 164 valence electrons. The summed E-state index contributed by atoms with van der Waals surface area (Å²) in [7, 11) is 0.364. The number of ketones is 1. The molecule has 0 spiro atoms. The molecule has 0 saturated carbocycles. The van der Waals surface area contributed by atoms with Gasteiger partial charge in [-0.2, -0.15) is 0 Å². The Morgan fingerprint density at radius 1 is 1.23 bits per heavy atom. The van der Waals surface area contributed by atoms with E-state index in [1.165, 1.54) is 0 Å². The molecule has 7 heteroatoms. The number of aliphatic imine (C=N–C) groups is 1. The van der Waals surface area contributed by atoms with E-state index in [9.17, 15) is 13.2 Å². The van der Waals surface area contributed by atoms with Gasteiger partial charge in [-0.25, -0.2) is 8.42 Å². The lowest BCUT2D eigenvalue weighted by Gasteiger charge is -2.35. The molecule has 4 rings (SSSR count). The van der Waals surface area contributed by atoms with Gasteiger partial charge in [-0.1, -0.05) is 26.0 Å². The van der Waals surface area contributed by atoms with Crippen LogP contribution in [0.1, 0.15) is 48.3 Å². The van der Waals surface area contributed by atoms with Crippen LogP contribution in [0.15, 0.2) is 45.3 Å². The van der Waals surface area contributed by atoms with Crippen LogP contribution in [0.3, 0.4) is 0 Å². The smallest absolute Gasteiger partial charge is 0.191 e. The lowest BCUT2D eigenvalue weighted by molar-refractivity contribution is 0.102. The Labute approximate surface area is 183 Å². The van der Waals surface area contributed by atoms with Gasteiger partial charge in [-0.05, 0) is 56.9 Å². The van der Waals surface area contributed by atoms with E-state index in [-0.39, 0.29) is 11.5 Å². The lowest BCUT2D eigenvalue weighted by atomic mass is 9.69. The van der Waals surface area contributed by atoms with Crippen molar-refractivity contribution in [3.05, 3.63) is 57.1 Å². The number of benzene rings is 1. The predicted octanol–water partition coefficient (Wildman–Crippen LogP) is 3.79. The highest BCUT2D eigenvalue weighted by atomic mass is 32.2. The molecule has 1 N–H and O–H groups in total. The highest BCUT2D eigenvalue weighted by Crippen LogP contribution is 2.47. The molecule has 0 amide bonds. The van der Waals surface area contributed by atoms with Crippen molar-refractivity contribution in [1.29, 1.82) is 0 Å². The average molecular weight is 440 g/mol. The summed E-state index contributed by atoms with van der Waals surface area (Å²) in [4.78, 5) is 23.2. The molecule has 0 bridgehead atoms. The number of hydrogen-bond donors (Lipinski definition) is 1. The molecule has 0 radical (unpaired) electrons. The first-order valence-corrected chi connectivity index (χ1v) is 12.2. The number of nitrogens with one attached hydrogen (secondary N) is 1. The second-order valence-corrected chi connectivity index (χ2v) is 11.4. The third-order valence-corrected chi connectivity index (χ3v) is 8.26. The maximum absolute atomic E-state index is 13.5. The maximum atomic E-state index is 13.5. The third-order valence-electron chi connectivity index (χ3n) is 6.42. The van der Waals surface area contributed by atoms with E-state index in [4.69, 9.17) is 0 Å². The van der Waals surface area contributed by atoms with Gasteiger partial charge in [0.15, 0.2) is 15.6 Å². The van der Waals surface area contributed by atoms with Crippen molar-refractivity contribution in [2.45, 2.75) is 38.6 Å². The SMILES string of the molecule is C=NCc1ccc2c3c([nH]c2c1)C(C)(C)C1=C(CCC(S(=O)(=O)CCN(C)C)=C1)C3=O. The van der Waals surface area contributed by atoms with E-state index >= 15 is 0 Å². The van der Waals surface area contributed by atoms with E-state index in [0.717, 1.165) is 33.3 Å². The van der Waals surface area contributed by atoms with E-state index in [0.29, 0.717) is 36.4 Å². The highest BCUT2D eigenvalue weighted by molar-refractivity contribution is 7.95. The van der Waals surface area contributed by atoms with Crippen molar-refractivity contribution in [3.63, 3.8) is 0 Å². The molecule has 2 aliphatic rings. The first-order chi connectivity index (χ1) is 14.6. The topological polar surface area (TPSA) is 82.6 Å². The van der Waals surface area contributed by atoms with Crippen molar-refractivity contribution in [2.75, 3.05) is 26.4 Å². The number of sulfone groups is 1. The van der Waals surface area contributed by atoms with Crippen LogP contribution in [-0.4, -0.2) is 57.2 Å². The van der Waals surface area contributed by atoms with Gasteiger partial charge in [0.05, 0.1) is 17.9 Å². The van der Waals surface area contributed by atoms with E-state index in [1.807, 2.05) is 37.2 Å². The van der Waals surface area contributed by atoms with Gasteiger partial charge in [-0.15, -0.1) is 0 Å². The summed E-state index contributed by atoms with van der Waals surface area (Å²) in [5, 5.41) is 0.904. The predicted molar refractivity (Wildman–Crippen MR) is 126 cm³/mol. The number of aromatic nitrogens is 1.